The van der Waals surface area contributed by atoms with Crippen LogP contribution in [-0.4, -0.2) is 57.0 Å². The van der Waals surface area contributed by atoms with E-state index in [1.165, 1.54) is 0 Å². The van der Waals surface area contributed by atoms with Crippen LogP contribution in [0.2, 0.25) is 0 Å². The van der Waals surface area contributed by atoms with E-state index in [9.17, 15) is 4.79 Å². The molecule has 4 heterocycles. The lowest BCUT2D eigenvalue weighted by molar-refractivity contribution is -0.0413. The zero-order valence-corrected chi connectivity index (χ0v) is 15.0. The smallest absolute Gasteiger partial charge is 0.272 e. The summed E-state index contributed by atoms with van der Waals surface area (Å²) >= 11 is 0. The second-order valence-electron chi connectivity index (χ2n) is 7.12. The number of ether oxygens (including phenoxy) is 2. The average Bonchev–Trinajstić information content (AvgIpc) is 3.27. The van der Waals surface area contributed by atoms with Gasteiger partial charge in [0.05, 0.1) is 24.9 Å². The maximum atomic E-state index is 12.6. The number of hydrogen-bond donors (Lipinski definition) is 0. The summed E-state index contributed by atoms with van der Waals surface area (Å²) in [5, 5.41) is 4.08. The van der Waals surface area contributed by atoms with E-state index in [0.717, 1.165) is 24.8 Å². The van der Waals surface area contributed by atoms with Crippen molar-refractivity contribution in [3.8, 4) is 0 Å². The first-order chi connectivity index (χ1) is 12.7. The summed E-state index contributed by atoms with van der Waals surface area (Å²) in [5.41, 5.74) is 1.55. The molecule has 1 spiro atoms. The Bertz CT molecular complexity index is 753. The first kappa shape index (κ1) is 17.2. The zero-order valence-electron chi connectivity index (χ0n) is 15.0. The molecule has 7 nitrogen and oxygen atoms in total. The summed E-state index contributed by atoms with van der Waals surface area (Å²) in [6.07, 6.45) is 7.94. The topological polar surface area (TPSA) is 69.5 Å². The number of carbonyl (C=O) groups excluding carboxylic acids is 1. The van der Waals surface area contributed by atoms with Crippen molar-refractivity contribution in [3.05, 3.63) is 48.0 Å². The fraction of sp³-hybridized carbons (Fsp3) is 0.526. The Labute approximate surface area is 152 Å². The molecule has 0 unspecified atom stereocenters. The number of hydrogen-bond acceptors (Lipinski definition) is 5. The molecule has 138 valence electrons. The number of piperidine rings is 1. The van der Waals surface area contributed by atoms with E-state index in [4.69, 9.17) is 9.47 Å². The summed E-state index contributed by atoms with van der Waals surface area (Å²) < 4.78 is 13.8. The molecular formula is C19H24N4O3. The average molecular weight is 356 g/mol. The molecule has 2 aliphatic rings. The first-order valence-electron chi connectivity index (χ1n) is 9.07. The lowest BCUT2D eigenvalue weighted by Gasteiger charge is -2.38. The maximum absolute atomic E-state index is 12.6. The molecule has 0 aromatic carbocycles. The summed E-state index contributed by atoms with van der Waals surface area (Å²) in [6.45, 7) is 2.59. The normalized spacial score (nSPS) is 22.0. The second kappa shape index (κ2) is 7.17. The van der Waals surface area contributed by atoms with Gasteiger partial charge in [-0.1, -0.05) is 6.07 Å². The summed E-state index contributed by atoms with van der Waals surface area (Å²) in [4.78, 5) is 18.6. The Morgan fingerprint density at radius 2 is 2.19 bits per heavy atom. The maximum Gasteiger partial charge on any atom is 0.272 e. The SMILES string of the molecule is Cn1nccc1C(=O)N1CCC2(CC1)C[C@@H](OCc1cccnc1)CO2. The molecule has 0 radical (unpaired) electrons. The van der Waals surface area contributed by atoms with Crippen LogP contribution in [0.25, 0.3) is 0 Å². The van der Waals surface area contributed by atoms with Crippen molar-refractivity contribution in [1.82, 2.24) is 19.7 Å². The molecule has 2 fully saturated rings. The van der Waals surface area contributed by atoms with Gasteiger partial charge in [-0.2, -0.15) is 5.10 Å². The van der Waals surface area contributed by atoms with Gasteiger partial charge in [0.25, 0.3) is 5.91 Å². The highest BCUT2D eigenvalue weighted by Gasteiger charge is 2.44. The van der Waals surface area contributed by atoms with E-state index in [2.05, 4.69) is 10.1 Å². The third-order valence-corrected chi connectivity index (χ3v) is 5.39. The van der Waals surface area contributed by atoms with Gasteiger partial charge in [-0.15, -0.1) is 0 Å². The van der Waals surface area contributed by atoms with E-state index < -0.39 is 0 Å². The molecule has 0 N–H and O–H groups in total. The van der Waals surface area contributed by atoms with Gasteiger partial charge in [0.2, 0.25) is 0 Å². The van der Waals surface area contributed by atoms with Crippen molar-refractivity contribution >= 4 is 5.91 Å². The first-order valence-corrected chi connectivity index (χ1v) is 9.07. The van der Waals surface area contributed by atoms with E-state index in [1.807, 2.05) is 23.2 Å². The van der Waals surface area contributed by atoms with Gasteiger partial charge in [0.15, 0.2) is 0 Å². The fourth-order valence-corrected chi connectivity index (χ4v) is 3.82. The molecule has 0 bridgehead atoms. The van der Waals surface area contributed by atoms with Crippen LogP contribution in [0.1, 0.15) is 35.3 Å². The van der Waals surface area contributed by atoms with Crippen LogP contribution in [0.5, 0.6) is 0 Å². The molecule has 2 saturated heterocycles. The van der Waals surface area contributed by atoms with Crippen molar-refractivity contribution in [2.75, 3.05) is 19.7 Å². The van der Waals surface area contributed by atoms with Crippen molar-refractivity contribution < 1.29 is 14.3 Å². The summed E-state index contributed by atoms with van der Waals surface area (Å²) in [5.74, 6) is 0.0437. The molecule has 1 atom stereocenters. The van der Waals surface area contributed by atoms with Crippen molar-refractivity contribution in [1.29, 1.82) is 0 Å². The minimum atomic E-state index is -0.150. The number of aromatic nitrogens is 3. The number of nitrogens with zero attached hydrogens (tertiary/aromatic N) is 4. The Hall–Kier alpha value is -2.25. The van der Waals surface area contributed by atoms with Crippen LogP contribution in [0.3, 0.4) is 0 Å². The number of carbonyl (C=O) groups is 1. The van der Waals surface area contributed by atoms with Crippen LogP contribution in [-0.2, 0) is 23.1 Å². The highest BCUT2D eigenvalue weighted by molar-refractivity contribution is 5.92. The van der Waals surface area contributed by atoms with Crippen molar-refractivity contribution in [2.24, 2.45) is 7.05 Å². The molecule has 0 saturated carbocycles. The number of likely N-dealkylation sites (tertiary alicyclic amines) is 1. The molecular weight excluding hydrogens is 332 g/mol. The predicted molar refractivity (Wildman–Crippen MR) is 94.5 cm³/mol. The molecule has 2 aromatic rings. The fourth-order valence-electron chi connectivity index (χ4n) is 3.82. The van der Waals surface area contributed by atoms with Gasteiger partial charge in [-0.05, 0) is 30.5 Å². The Balaban J connectivity index is 1.29. The monoisotopic (exact) mass is 356 g/mol. The van der Waals surface area contributed by atoms with Gasteiger partial charge in [0.1, 0.15) is 5.69 Å². The number of amides is 1. The lowest BCUT2D eigenvalue weighted by Crippen LogP contribution is -2.47. The third kappa shape index (κ3) is 3.50. The van der Waals surface area contributed by atoms with E-state index >= 15 is 0 Å². The summed E-state index contributed by atoms with van der Waals surface area (Å²) in [7, 11) is 1.79. The highest BCUT2D eigenvalue weighted by Crippen LogP contribution is 2.37. The summed E-state index contributed by atoms with van der Waals surface area (Å²) in [6, 6.07) is 5.70. The van der Waals surface area contributed by atoms with Crippen molar-refractivity contribution in [3.63, 3.8) is 0 Å². The molecule has 1 amide bonds. The minimum Gasteiger partial charge on any atom is -0.372 e. The van der Waals surface area contributed by atoms with Crippen molar-refractivity contribution in [2.45, 2.75) is 37.6 Å². The number of rotatable bonds is 4. The van der Waals surface area contributed by atoms with Gasteiger partial charge in [-0.25, -0.2) is 0 Å². The quantitative estimate of drug-likeness (QED) is 0.835. The van der Waals surface area contributed by atoms with Gasteiger partial charge >= 0.3 is 0 Å². The number of pyridine rings is 1. The van der Waals surface area contributed by atoms with Crippen LogP contribution < -0.4 is 0 Å². The van der Waals surface area contributed by atoms with Crippen LogP contribution in [0.4, 0.5) is 0 Å². The number of aryl methyl sites for hydroxylation is 1. The van der Waals surface area contributed by atoms with Gasteiger partial charge in [0, 0.05) is 45.1 Å². The third-order valence-electron chi connectivity index (χ3n) is 5.39. The Morgan fingerprint density at radius 3 is 2.88 bits per heavy atom. The standard InChI is InChI=1S/C19H24N4O3/c1-22-17(4-8-21-22)18(24)23-9-5-19(6-10-23)11-16(14-26-19)25-13-15-3-2-7-20-12-15/h2-4,7-8,12,16H,5-6,9-11,13-14H2,1H3/t16-/m1/s1. The predicted octanol–water partition coefficient (Wildman–Crippen LogP) is 1.80. The highest BCUT2D eigenvalue weighted by atomic mass is 16.6. The zero-order chi connectivity index (χ0) is 18.0. The second-order valence-corrected chi connectivity index (χ2v) is 7.12. The molecule has 26 heavy (non-hydrogen) atoms. The van der Waals surface area contributed by atoms with E-state index in [0.29, 0.717) is 32.0 Å². The van der Waals surface area contributed by atoms with E-state index in [-0.39, 0.29) is 17.6 Å². The Morgan fingerprint density at radius 1 is 1.35 bits per heavy atom. The molecule has 7 heteroatoms. The van der Waals surface area contributed by atoms with Crippen LogP contribution in [0.15, 0.2) is 36.8 Å². The molecule has 0 aliphatic carbocycles. The van der Waals surface area contributed by atoms with E-state index in [1.54, 1.807) is 30.2 Å². The largest absolute Gasteiger partial charge is 0.372 e. The molecule has 2 aromatic heterocycles. The van der Waals surface area contributed by atoms with Crippen LogP contribution >= 0.6 is 0 Å². The molecule has 2 aliphatic heterocycles. The minimum absolute atomic E-state index is 0.0437. The molecule has 4 rings (SSSR count). The van der Waals surface area contributed by atoms with Gasteiger partial charge in [-0.3, -0.25) is 14.5 Å². The van der Waals surface area contributed by atoms with Gasteiger partial charge < -0.3 is 14.4 Å². The Kier molecular flexibility index (Phi) is 4.74. The van der Waals surface area contributed by atoms with Crippen LogP contribution in [0, 0.1) is 0 Å². The lowest BCUT2D eigenvalue weighted by atomic mass is 9.88.